The molecule has 0 atom stereocenters. The van der Waals surface area contributed by atoms with Gasteiger partial charge in [-0.25, -0.2) is 0 Å². The molecule has 0 saturated carbocycles. The number of para-hydroxylation sites is 2. The van der Waals surface area contributed by atoms with Crippen LogP contribution in [-0.4, -0.2) is 11.8 Å². The number of hydrogen-bond donors (Lipinski definition) is 0. The molecule has 2 fully saturated rings. The Morgan fingerprint density at radius 1 is 0.200 bits per heavy atom. The molecular weight excluding hydrogens is 853 g/mol. The Hall–Kier alpha value is -8.86. The van der Waals surface area contributed by atoms with E-state index in [1.54, 1.807) is 0 Å². The molecule has 336 valence electrons. The Bertz CT molecular complexity index is 2940. The van der Waals surface area contributed by atoms with E-state index in [2.05, 4.69) is 146 Å². The maximum Gasteiger partial charge on any atom is 0.246 e. The second-order valence-electron chi connectivity index (χ2n) is 17.8. The van der Waals surface area contributed by atoms with Crippen LogP contribution in [0.25, 0.3) is 0 Å². The van der Waals surface area contributed by atoms with Crippen LogP contribution in [0, 0.1) is 0 Å². The summed E-state index contributed by atoms with van der Waals surface area (Å²) < 4.78 is 0. The number of amides is 2. The van der Waals surface area contributed by atoms with Gasteiger partial charge in [-0.2, -0.15) is 0 Å². The average molecular weight is 903 g/mol. The summed E-state index contributed by atoms with van der Waals surface area (Å²) in [5, 5.41) is 0. The predicted octanol–water partition coefficient (Wildman–Crippen LogP) is 13.9. The van der Waals surface area contributed by atoms with Gasteiger partial charge in [0.2, 0.25) is 11.8 Å². The van der Waals surface area contributed by atoms with E-state index in [4.69, 9.17) is 0 Å². The van der Waals surface area contributed by atoms with E-state index in [9.17, 15) is 9.59 Å². The zero-order chi connectivity index (χ0) is 47.4. The normalized spacial score (nSPS) is 15.9. The van der Waals surface area contributed by atoms with E-state index < -0.39 is 21.9 Å². The van der Waals surface area contributed by atoms with Crippen LogP contribution in [-0.2, 0) is 31.5 Å². The zero-order valence-corrected chi connectivity index (χ0v) is 38.6. The van der Waals surface area contributed by atoms with Crippen molar-refractivity contribution in [2.45, 2.75) is 21.9 Å². The molecule has 70 heavy (non-hydrogen) atoms. The predicted molar refractivity (Wildman–Crippen MR) is 283 cm³/mol. The maximum atomic E-state index is 14.8. The van der Waals surface area contributed by atoms with E-state index >= 15 is 0 Å². The van der Waals surface area contributed by atoms with Crippen molar-refractivity contribution in [1.82, 2.24) is 0 Å². The topological polar surface area (TPSA) is 40.6 Å². The van der Waals surface area contributed by atoms with Crippen LogP contribution in [0.15, 0.2) is 303 Å². The summed E-state index contributed by atoms with van der Waals surface area (Å²) in [5.74, 6) is 0.127. The standard InChI is InChI=1S/2C33H25NO/c2*35-31-32(26-16-6-1-7-17-26,27-18-8-2-9-19-27)33(28-20-10-3-11-21-28,29-22-12-4-13-23-29)34(31)30-24-14-5-15-25-30/h2*1-25H. The highest BCUT2D eigenvalue weighted by atomic mass is 16.2. The molecule has 0 radical (unpaired) electrons. The third kappa shape index (κ3) is 6.37. The SMILES string of the molecule is O=C1N(c2ccccc2)C(c2ccccc2)(c2ccccc2)C1(c1ccccc1)c1ccccc1.O=C1N(c2ccccc2)C(c2ccccc2)(c2ccccc2)C1(c1ccccc1)c1ccccc1. The first-order chi connectivity index (χ1) is 34.6. The van der Waals surface area contributed by atoms with Crippen LogP contribution < -0.4 is 9.80 Å². The lowest BCUT2D eigenvalue weighted by atomic mass is 9.49. The molecule has 0 aliphatic carbocycles. The van der Waals surface area contributed by atoms with Crippen LogP contribution in [0.1, 0.15) is 44.5 Å². The lowest BCUT2D eigenvalue weighted by molar-refractivity contribution is -0.135. The molecule has 2 aliphatic rings. The highest BCUT2D eigenvalue weighted by molar-refractivity contribution is 6.17. The third-order valence-electron chi connectivity index (χ3n) is 14.4. The number of rotatable bonds is 10. The van der Waals surface area contributed by atoms with Crippen LogP contribution in [0.4, 0.5) is 11.4 Å². The second-order valence-corrected chi connectivity index (χ2v) is 17.8. The van der Waals surface area contributed by atoms with Crippen molar-refractivity contribution in [2.75, 3.05) is 9.80 Å². The number of benzene rings is 10. The van der Waals surface area contributed by atoms with E-state index in [0.717, 1.165) is 55.9 Å². The summed E-state index contributed by atoms with van der Waals surface area (Å²) in [5.41, 5.74) is 6.49. The summed E-state index contributed by atoms with van der Waals surface area (Å²) in [4.78, 5) is 33.5. The fraction of sp³-hybridized carbons (Fsp3) is 0.0606. The van der Waals surface area contributed by atoms with Gasteiger partial charge in [-0.1, -0.05) is 279 Å². The fourth-order valence-electron chi connectivity index (χ4n) is 11.8. The molecule has 2 aliphatic heterocycles. The summed E-state index contributed by atoms with van der Waals surface area (Å²) in [6.45, 7) is 0. The highest BCUT2D eigenvalue weighted by Gasteiger charge is 2.75. The molecule has 2 heterocycles. The van der Waals surface area contributed by atoms with E-state index in [1.165, 1.54) is 0 Å². The van der Waals surface area contributed by atoms with Crippen molar-refractivity contribution in [2.24, 2.45) is 0 Å². The molecule has 2 amide bonds. The quantitative estimate of drug-likeness (QED) is 0.128. The summed E-state index contributed by atoms with van der Waals surface area (Å²) in [6.07, 6.45) is 0. The maximum absolute atomic E-state index is 14.8. The van der Waals surface area contributed by atoms with Gasteiger partial charge in [0.05, 0.1) is 0 Å². The highest BCUT2D eigenvalue weighted by Crippen LogP contribution is 2.66. The minimum absolute atomic E-state index is 0.0637. The van der Waals surface area contributed by atoms with Crippen molar-refractivity contribution in [3.05, 3.63) is 348 Å². The molecule has 10 aromatic carbocycles. The van der Waals surface area contributed by atoms with Gasteiger partial charge in [0.1, 0.15) is 21.9 Å². The van der Waals surface area contributed by atoms with E-state index in [0.29, 0.717) is 0 Å². The first kappa shape index (κ1) is 43.7. The minimum Gasteiger partial charge on any atom is -0.295 e. The van der Waals surface area contributed by atoms with Gasteiger partial charge in [-0.15, -0.1) is 0 Å². The Morgan fingerprint density at radius 2 is 0.357 bits per heavy atom. The number of β-lactam (4-membered cyclic amide) rings is 2. The molecule has 0 spiro atoms. The Balaban J connectivity index is 0.000000152. The largest absolute Gasteiger partial charge is 0.295 e. The van der Waals surface area contributed by atoms with Gasteiger partial charge >= 0.3 is 0 Å². The second kappa shape index (κ2) is 18.3. The van der Waals surface area contributed by atoms with Gasteiger partial charge in [-0.3, -0.25) is 19.4 Å². The molecule has 0 aromatic heterocycles. The van der Waals surface area contributed by atoms with E-state index in [-0.39, 0.29) is 11.8 Å². The molecule has 4 heteroatoms. The van der Waals surface area contributed by atoms with Gasteiger partial charge in [0, 0.05) is 11.4 Å². The molecule has 10 aromatic rings. The molecule has 0 N–H and O–H groups in total. The Morgan fingerprint density at radius 3 is 0.543 bits per heavy atom. The average Bonchev–Trinajstić information content (AvgIpc) is 3.44. The number of nitrogens with zero attached hydrogens (tertiary/aromatic N) is 2. The molecule has 4 nitrogen and oxygen atoms in total. The lowest BCUT2D eigenvalue weighted by Gasteiger charge is -2.66. The van der Waals surface area contributed by atoms with Crippen LogP contribution >= 0.6 is 0 Å². The zero-order valence-electron chi connectivity index (χ0n) is 38.6. The van der Waals surface area contributed by atoms with Crippen molar-refractivity contribution < 1.29 is 9.59 Å². The number of hydrogen-bond acceptors (Lipinski definition) is 2. The minimum atomic E-state index is -0.950. The number of carbonyl (C=O) groups excluding carboxylic acids is 2. The summed E-state index contributed by atoms with van der Waals surface area (Å²) in [6, 6.07) is 103. The lowest BCUT2D eigenvalue weighted by Crippen LogP contribution is -2.79. The first-order valence-corrected chi connectivity index (χ1v) is 23.9. The van der Waals surface area contributed by atoms with Crippen LogP contribution in [0.2, 0.25) is 0 Å². The molecular formula is C66H50N2O2. The van der Waals surface area contributed by atoms with Crippen molar-refractivity contribution in [1.29, 1.82) is 0 Å². The van der Waals surface area contributed by atoms with Gasteiger partial charge in [0.15, 0.2) is 0 Å². The smallest absolute Gasteiger partial charge is 0.246 e. The third-order valence-corrected chi connectivity index (χ3v) is 14.4. The van der Waals surface area contributed by atoms with Gasteiger partial charge in [0.25, 0.3) is 0 Å². The summed E-state index contributed by atoms with van der Waals surface area (Å²) >= 11 is 0. The van der Waals surface area contributed by atoms with Crippen molar-refractivity contribution in [3.63, 3.8) is 0 Å². The monoisotopic (exact) mass is 902 g/mol. The number of anilines is 2. The molecule has 0 bridgehead atoms. The van der Waals surface area contributed by atoms with Gasteiger partial charge in [-0.05, 0) is 68.8 Å². The summed E-state index contributed by atoms with van der Waals surface area (Å²) in [7, 11) is 0. The van der Waals surface area contributed by atoms with Crippen molar-refractivity contribution >= 4 is 23.2 Å². The van der Waals surface area contributed by atoms with Crippen molar-refractivity contribution in [3.8, 4) is 0 Å². The fourth-order valence-corrected chi connectivity index (χ4v) is 11.8. The number of carbonyl (C=O) groups is 2. The molecule has 12 rings (SSSR count). The van der Waals surface area contributed by atoms with E-state index in [1.807, 2.05) is 168 Å². The van der Waals surface area contributed by atoms with Gasteiger partial charge < -0.3 is 0 Å². The Kier molecular flexibility index (Phi) is 11.4. The van der Waals surface area contributed by atoms with Crippen LogP contribution in [0.5, 0.6) is 0 Å². The molecule has 0 unspecified atom stereocenters. The Labute approximate surface area is 410 Å². The molecule has 2 saturated heterocycles. The van der Waals surface area contributed by atoms with Crippen LogP contribution in [0.3, 0.4) is 0 Å². The first-order valence-electron chi connectivity index (χ1n) is 23.9.